The molecular weight excluding hydrogens is 236 g/mol. The molecule has 0 spiro atoms. The van der Waals surface area contributed by atoms with Crippen LogP contribution in [0.1, 0.15) is 44.3 Å². The van der Waals surface area contributed by atoms with Gasteiger partial charge in [-0.3, -0.25) is 4.68 Å². The molecule has 0 saturated heterocycles. The van der Waals surface area contributed by atoms with E-state index in [9.17, 15) is 0 Å². The fourth-order valence-electron chi connectivity index (χ4n) is 3.62. The molecule has 2 rings (SSSR count). The predicted octanol–water partition coefficient (Wildman–Crippen LogP) is 2.19. The second-order valence-corrected chi connectivity index (χ2v) is 6.28. The first-order valence-electron chi connectivity index (χ1n) is 7.34. The van der Waals surface area contributed by atoms with Crippen LogP contribution < -0.4 is 5.32 Å². The highest BCUT2D eigenvalue weighted by Crippen LogP contribution is 2.43. The Bertz CT molecular complexity index is 402. The van der Waals surface area contributed by atoms with Gasteiger partial charge in [0.1, 0.15) is 0 Å². The van der Waals surface area contributed by atoms with E-state index in [4.69, 9.17) is 0 Å². The number of nitrogens with zero attached hydrogens (tertiary/aromatic N) is 3. The summed E-state index contributed by atoms with van der Waals surface area (Å²) in [5.41, 5.74) is 1.49. The lowest BCUT2D eigenvalue weighted by molar-refractivity contribution is 0.0428. The standard InChI is InChI=1S/C15H28N4/c1-12-6-9-15(10-7-12,18(3)4)14(16-2)13-8-11-17-19(13)5/h8,11-12,14,16H,6-7,9-10H2,1-5H3. The average Bonchev–Trinajstić information content (AvgIpc) is 2.79. The van der Waals surface area contributed by atoms with Gasteiger partial charge in [0, 0.05) is 18.8 Å². The molecule has 0 aliphatic heterocycles. The van der Waals surface area contributed by atoms with E-state index >= 15 is 0 Å². The van der Waals surface area contributed by atoms with Crippen molar-refractivity contribution in [2.75, 3.05) is 21.1 Å². The number of hydrogen-bond acceptors (Lipinski definition) is 3. The summed E-state index contributed by atoms with van der Waals surface area (Å²) in [7, 11) is 8.54. The van der Waals surface area contributed by atoms with E-state index in [1.165, 1.54) is 31.4 Å². The molecular formula is C15H28N4. The minimum Gasteiger partial charge on any atom is -0.310 e. The summed E-state index contributed by atoms with van der Waals surface area (Å²) in [5, 5.41) is 7.89. The van der Waals surface area contributed by atoms with Crippen molar-refractivity contribution in [1.29, 1.82) is 0 Å². The van der Waals surface area contributed by atoms with Crippen LogP contribution in [0.15, 0.2) is 12.3 Å². The lowest BCUT2D eigenvalue weighted by atomic mass is 9.71. The van der Waals surface area contributed by atoms with E-state index in [1.807, 2.05) is 17.9 Å². The van der Waals surface area contributed by atoms with E-state index in [2.05, 4.69) is 49.4 Å². The van der Waals surface area contributed by atoms with Crippen LogP contribution in [0.5, 0.6) is 0 Å². The molecule has 1 atom stereocenters. The quantitative estimate of drug-likeness (QED) is 0.905. The first kappa shape index (κ1) is 14.5. The van der Waals surface area contributed by atoms with E-state index in [1.54, 1.807) is 0 Å². The lowest BCUT2D eigenvalue weighted by Gasteiger charge is -2.49. The first-order valence-corrected chi connectivity index (χ1v) is 7.34. The molecule has 1 aliphatic rings. The largest absolute Gasteiger partial charge is 0.310 e. The lowest BCUT2D eigenvalue weighted by Crippen LogP contribution is -2.55. The molecule has 4 nitrogen and oxygen atoms in total. The zero-order valence-electron chi connectivity index (χ0n) is 13.0. The Balaban J connectivity index is 2.34. The summed E-state index contributed by atoms with van der Waals surface area (Å²) in [5.74, 6) is 0.858. The third-order valence-electron chi connectivity index (χ3n) is 5.01. The number of hydrogen-bond donors (Lipinski definition) is 1. The zero-order valence-corrected chi connectivity index (χ0v) is 13.0. The van der Waals surface area contributed by atoms with Crippen LogP contribution in [0.2, 0.25) is 0 Å². The molecule has 0 amide bonds. The van der Waals surface area contributed by atoms with Crippen molar-refractivity contribution in [3.8, 4) is 0 Å². The summed E-state index contributed by atoms with van der Waals surface area (Å²) in [6.45, 7) is 2.37. The van der Waals surface area contributed by atoms with Gasteiger partial charge in [-0.05, 0) is 58.8 Å². The molecule has 1 aromatic rings. The molecule has 0 radical (unpaired) electrons. The molecule has 1 heterocycles. The topological polar surface area (TPSA) is 33.1 Å². The van der Waals surface area contributed by atoms with E-state index < -0.39 is 0 Å². The van der Waals surface area contributed by atoms with Crippen LogP contribution in [0.25, 0.3) is 0 Å². The SMILES string of the molecule is CNC(c1ccnn1C)C1(N(C)C)CCC(C)CC1. The minimum absolute atomic E-state index is 0.203. The molecule has 4 heteroatoms. The summed E-state index contributed by atoms with van der Waals surface area (Å²) in [6.07, 6.45) is 7.02. The highest BCUT2D eigenvalue weighted by molar-refractivity contribution is 5.16. The molecule has 1 unspecified atom stereocenters. The van der Waals surface area contributed by atoms with Crippen molar-refractivity contribution in [2.45, 2.75) is 44.2 Å². The van der Waals surface area contributed by atoms with Crippen LogP contribution in [-0.4, -0.2) is 41.4 Å². The Morgan fingerprint density at radius 3 is 2.47 bits per heavy atom. The van der Waals surface area contributed by atoms with Crippen LogP contribution >= 0.6 is 0 Å². The highest BCUT2D eigenvalue weighted by atomic mass is 15.3. The van der Waals surface area contributed by atoms with Gasteiger partial charge < -0.3 is 10.2 Å². The normalized spacial score (nSPS) is 29.7. The molecule has 1 saturated carbocycles. The van der Waals surface area contributed by atoms with Crippen molar-refractivity contribution in [2.24, 2.45) is 13.0 Å². The number of aryl methyl sites for hydroxylation is 1. The second kappa shape index (κ2) is 5.63. The first-order chi connectivity index (χ1) is 9.01. The van der Waals surface area contributed by atoms with Gasteiger partial charge in [-0.25, -0.2) is 0 Å². The minimum atomic E-state index is 0.203. The van der Waals surface area contributed by atoms with Crippen LogP contribution in [0, 0.1) is 5.92 Å². The maximum absolute atomic E-state index is 4.34. The Labute approximate surface area is 117 Å². The summed E-state index contributed by atoms with van der Waals surface area (Å²) >= 11 is 0. The third kappa shape index (κ3) is 2.56. The Morgan fingerprint density at radius 1 is 1.42 bits per heavy atom. The van der Waals surface area contributed by atoms with Crippen molar-refractivity contribution in [1.82, 2.24) is 20.0 Å². The zero-order chi connectivity index (χ0) is 14.0. The molecule has 1 fully saturated rings. The van der Waals surface area contributed by atoms with Gasteiger partial charge in [0.05, 0.1) is 11.7 Å². The molecule has 1 aliphatic carbocycles. The average molecular weight is 264 g/mol. The molecule has 0 aromatic carbocycles. The summed E-state index contributed by atoms with van der Waals surface area (Å²) < 4.78 is 2.00. The molecule has 19 heavy (non-hydrogen) atoms. The molecule has 108 valence electrons. The Kier molecular flexibility index (Phi) is 4.31. The van der Waals surface area contributed by atoms with E-state index in [0.717, 1.165) is 5.92 Å². The number of aromatic nitrogens is 2. The monoisotopic (exact) mass is 264 g/mol. The molecule has 1 aromatic heterocycles. The van der Waals surface area contributed by atoms with Crippen LogP contribution in [0.4, 0.5) is 0 Å². The van der Waals surface area contributed by atoms with Crippen molar-refractivity contribution < 1.29 is 0 Å². The van der Waals surface area contributed by atoms with Gasteiger partial charge in [0.25, 0.3) is 0 Å². The fourth-order valence-corrected chi connectivity index (χ4v) is 3.62. The van der Waals surface area contributed by atoms with Crippen molar-refractivity contribution >= 4 is 0 Å². The Morgan fingerprint density at radius 2 is 2.05 bits per heavy atom. The smallest absolute Gasteiger partial charge is 0.0676 e. The Hall–Kier alpha value is -0.870. The van der Waals surface area contributed by atoms with Gasteiger partial charge in [-0.1, -0.05) is 6.92 Å². The van der Waals surface area contributed by atoms with Crippen LogP contribution in [-0.2, 0) is 7.05 Å². The van der Waals surface area contributed by atoms with Gasteiger partial charge in [0.2, 0.25) is 0 Å². The number of nitrogens with one attached hydrogen (secondary N) is 1. The van der Waals surface area contributed by atoms with Crippen LogP contribution in [0.3, 0.4) is 0 Å². The van der Waals surface area contributed by atoms with Crippen molar-refractivity contribution in [3.63, 3.8) is 0 Å². The maximum Gasteiger partial charge on any atom is 0.0676 e. The second-order valence-electron chi connectivity index (χ2n) is 6.28. The van der Waals surface area contributed by atoms with Gasteiger partial charge in [-0.2, -0.15) is 5.10 Å². The summed E-state index contributed by atoms with van der Waals surface area (Å²) in [4.78, 5) is 2.42. The molecule has 1 N–H and O–H groups in total. The predicted molar refractivity (Wildman–Crippen MR) is 79.1 cm³/mol. The van der Waals surface area contributed by atoms with E-state index in [-0.39, 0.29) is 5.54 Å². The van der Waals surface area contributed by atoms with Crippen molar-refractivity contribution in [3.05, 3.63) is 18.0 Å². The fraction of sp³-hybridized carbons (Fsp3) is 0.800. The van der Waals surface area contributed by atoms with Gasteiger partial charge in [0.15, 0.2) is 0 Å². The molecule has 0 bridgehead atoms. The highest BCUT2D eigenvalue weighted by Gasteiger charge is 2.44. The number of rotatable bonds is 4. The van der Waals surface area contributed by atoms with E-state index in [0.29, 0.717) is 6.04 Å². The maximum atomic E-state index is 4.34. The third-order valence-corrected chi connectivity index (χ3v) is 5.01. The number of likely N-dealkylation sites (N-methyl/N-ethyl adjacent to an activating group) is 2. The summed E-state index contributed by atoms with van der Waals surface area (Å²) in [6, 6.07) is 2.48. The van der Waals surface area contributed by atoms with Gasteiger partial charge >= 0.3 is 0 Å². The van der Waals surface area contributed by atoms with Gasteiger partial charge in [-0.15, -0.1) is 0 Å².